The Morgan fingerprint density at radius 1 is 0.960 bits per heavy atom. The topological polar surface area (TPSA) is 12.0 Å². The minimum absolute atomic E-state index is 0.165. The molecule has 0 saturated carbocycles. The van der Waals surface area contributed by atoms with Crippen LogP contribution in [0.5, 0.6) is 0 Å². The monoisotopic (exact) mass is 343 g/mol. The Kier molecular flexibility index (Phi) is 3.42. The fourth-order valence-corrected chi connectivity index (χ4v) is 6.12. The van der Waals surface area contributed by atoms with E-state index in [0.29, 0.717) is 16.4 Å². The predicted octanol–water partition coefficient (Wildman–Crippen LogP) is 5.94. The molecule has 0 radical (unpaired) electrons. The van der Waals surface area contributed by atoms with Gasteiger partial charge in [-0.25, -0.2) is 0 Å². The molecule has 1 aliphatic heterocycles. The standard InChI is InChI=1S/C23H21NS/c1-23-15-17(13-14-22(23)25-21-12-5-4-10-19(21)23)24-20-11-6-8-16-7-2-3-9-18(16)20/h2-15,19,21-22,24H,1H3. The van der Waals surface area contributed by atoms with Crippen molar-refractivity contribution in [2.24, 2.45) is 11.3 Å². The second-order valence-electron chi connectivity index (χ2n) is 7.29. The van der Waals surface area contributed by atoms with Gasteiger partial charge in [0, 0.05) is 38.6 Å². The number of benzene rings is 2. The van der Waals surface area contributed by atoms with Crippen LogP contribution in [0.1, 0.15) is 6.92 Å². The molecule has 1 nitrogen and oxygen atoms in total. The number of hydrogen-bond donors (Lipinski definition) is 1. The Morgan fingerprint density at radius 3 is 2.76 bits per heavy atom. The lowest BCUT2D eigenvalue weighted by molar-refractivity contribution is 0.345. The molecule has 5 rings (SSSR count). The first kappa shape index (κ1) is 15.1. The lowest BCUT2D eigenvalue weighted by atomic mass is 9.70. The molecule has 1 saturated heterocycles. The van der Waals surface area contributed by atoms with Crippen LogP contribution in [0.15, 0.2) is 90.7 Å². The minimum atomic E-state index is 0.165. The number of thioether (sulfide) groups is 1. The second kappa shape index (κ2) is 5.67. The summed E-state index contributed by atoms with van der Waals surface area (Å²) in [6.45, 7) is 2.41. The fourth-order valence-electron chi connectivity index (χ4n) is 4.36. The van der Waals surface area contributed by atoms with Crippen LogP contribution in [0.3, 0.4) is 0 Å². The molecule has 0 aromatic heterocycles. The molecule has 4 atom stereocenters. The quantitative estimate of drug-likeness (QED) is 0.724. The van der Waals surface area contributed by atoms with E-state index in [4.69, 9.17) is 0 Å². The molecular formula is C23H21NS. The molecule has 0 bridgehead atoms. The third-order valence-electron chi connectivity index (χ3n) is 5.71. The summed E-state index contributed by atoms with van der Waals surface area (Å²) in [5.41, 5.74) is 2.55. The Bertz CT molecular complexity index is 946. The maximum absolute atomic E-state index is 3.68. The molecule has 2 heteroatoms. The first-order valence-electron chi connectivity index (χ1n) is 8.90. The number of fused-ring (bicyclic) bond motifs is 4. The largest absolute Gasteiger partial charge is 0.355 e. The molecule has 4 unspecified atom stereocenters. The fraction of sp³-hybridized carbons (Fsp3) is 0.217. The maximum atomic E-state index is 3.68. The van der Waals surface area contributed by atoms with Gasteiger partial charge in [0.05, 0.1) is 0 Å². The average Bonchev–Trinajstić information content (AvgIpc) is 2.94. The van der Waals surface area contributed by atoms with Crippen LogP contribution >= 0.6 is 11.8 Å². The molecule has 0 amide bonds. The summed E-state index contributed by atoms with van der Waals surface area (Å²) < 4.78 is 0. The minimum Gasteiger partial charge on any atom is -0.355 e. The molecular weight excluding hydrogens is 322 g/mol. The molecule has 25 heavy (non-hydrogen) atoms. The maximum Gasteiger partial charge on any atom is 0.0463 e. The van der Waals surface area contributed by atoms with Gasteiger partial charge in [0.25, 0.3) is 0 Å². The summed E-state index contributed by atoms with van der Waals surface area (Å²) in [5.74, 6) is 0.571. The van der Waals surface area contributed by atoms with E-state index in [0.717, 1.165) is 0 Å². The van der Waals surface area contributed by atoms with Crippen LogP contribution in [-0.2, 0) is 0 Å². The third-order valence-corrected chi connectivity index (χ3v) is 7.43. The van der Waals surface area contributed by atoms with Gasteiger partial charge in [0.15, 0.2) is 0 Å². The smallest absolute Gasteiger partial charge is 0.0463 e. The second-order valence-corrected chi connectivity index (χ2v) is 8.62. The third kappa shape index (κ3) is 2.39. The number of hydrogen-bond acceptors (Lipinski definition) is 2. The van der Waals surface area contributed by atoms with Crippen LogP contribution in [0.2, 0.25) is 0 Å². The number of anilines is 1. The molecule has 1 N–H and O–H groups in total. The van der Waals surface area contributed by atoms with E-state index in [9.17, 15) is 0 Å². The van der Waals surface area contributed by atoms with Crippen LogP contribution in [0.25, 0.3) is 10.8 Å². The van der Waals surface area contributed by atoms with Crippen molar-refractivity contribution in [1.82, 2.24) is 0 Å². The zero-order chi connectivity index (χ0) is 16.9. The average molecular weight is 343 g/mol. The zero-order valence-electron chi connectivity index (χ0n) is 14.2. The molecule has 2 aromatic rings. The molecule has 2 aromatic carbocycles. The van der Waals surface area contributed by atoms with Crippen molar-refractivity contribution in [3.8, 4) is 0 Å². The van der Waals surface area contributed by atoms with Crippen molar-refractivity contribution in [2.75, 3.05) is 5.32 Å². The molecule has 2 aliphatic carbocycles. The zero-order valence-corrected chi connectivity index (χ0v) is 15.0. The van der Waals surface area contributed by atoms with Gasteiger partial charge >= 0.3 is 0 Å². The Morgan fingerprint density at radius 2 is 1.80 bits per heavy atom. The summed E-state index contributed by atoms with van der Waals surface area (Å²) in [7, 11) is 0. The van der Waals surface area contributed by atoms with Crippen molar-refractivity contribution in [3.05, 3.63) is 90.7 Å². The number of rotatable bonds is 2. The lowest BCUT2D eigenvalue weighted by Gasteiger charge is -2.35. The first-order chi connectivity index (χ1) is 12.2. The number of allylic oxidation sites excluding steroid dienone is 5. The van der Waals surface area contributed by atoms with E-state index in [1.165, 1.54) is 22.2 Å². The Balaban J connectivity index is 1.51. The van der Waals surface area contributed by atoms with Gasteiger partial charge in [0.2, 0.25) is 0 Å². The highest BCUT2D eigenvalue weighted by Gasteiger charge is 2.50. The summed E-state index contributed by atoms with van der Waals surface area (Å²) >= 11 is 2.09. The van der Waals surface area contributed by atoms with Crippen molar-refractivity contribution in [3.63, 3.8) is 0 Å². The van der Waals surface area contributed by atoms with E-state index in [2.05, 4.69) is 109 Å². The predicted molar refractivity (Wildman–Crippen MR) is 110 cm³/mol. The summed E-state index contributed by atoms with van der Waals surface area (Å²) in [5, 5.41) is 7.37. The Hall–Kier alpha value is -2.19. The van der Waals surface area contributed by atoms with E-state index in [1.807, 2.05) is 0 Å². The normalized spacial score (nSPS) is 32.4. The number of nitrogens with one attached hydrogen (secondary N) is 1. The van der Waals surface area contributed by atoms with Crippen LogP contribution in [-0.4, -0.2) is 10.5 Å². The van der Waals surface area contributed by atoms with Gasteiger partial charge in [-0.3, -0.25) is 0 Å². The van der Waals surface area contributed by atoms with Crippen LogP contribution < -0.4 is 5.32 Å². The van der Waals surface area contributed by atoms with Gasteiger partial charge < -0.3 is 5.32 Å². The lowest BCUT2D eigenvalue weighted by Crippen LogP contribution is -2.33. The van der Waals surface area contributed by atoms with Crippen molar-refractivity contribution < 1.29 is 0 Å². The van der Waals surface area contributed by atoms with Gasteiger partial charge in [0.1, 0.15) is 0 Å². The van der Waals surface area contributed by atoms with Crippen LogP contribution in [0, 0.1) is 11.3 Å². The summed E-state index contributed by atoms with van der Waals surface area (Å²) in [6, 6.07) is 15.0. The Labute approximate surface area is 153 Å². The van der Waals surface area contributed by atoms with E-state index < -0.39 is 0 Å². The molecule has 1 heterocycles. The molecule has 0 spiro atoms. The van der Waals surface area contributed by atoms with Crippen molar-refractivity contribution in [2.45, 2.75) is 17.4 Å². The first-order valence-corrected chi connectivity index (χ1v) is 9.85. The van der Waals surface area contributed by atoms with Gasteiger partial charge in [-0.05, 0) is 17.5 Å². The van der Waals surface area contributed by atoms with E-state index in [-0.39, 0.29) is 5.41 Å². The van der Waals surface area contributed by atoms with Crippen molar-refractivity contribution in [1.29, 1.82) is 0 Å². The van der Waals surface area contributed by atoms with Crippen LogP contribution in [0.4, 0.5) is 5.69 Å². The molecule has 3 aliphatic rings. The SMILES string of the molecule is CC12C=C(Nc3cccc4ccccc34)C=CC1SC1C=CC=CC12. The van der Waals surface area contributed by atoms with Gasteiger partial charge in [-0.15, -0.1) is 11.8 Å². The highest BCUT2D eigenvalue weighted by Crippen LogP contribution is 2.56. The van der Waals surface area contributed by atoms with E-state index >= 15 is 0 Å². The summed E-state index contributed by atoms with van der Waals surface area (Å²) in [6.07, 6.45) is 16.3. The molecule has 124 valence electrons. The van der Waals surface area contributed by atoms with Gasteiger partial charge in [-0.1, -0.05) is 79.8 Å². The van der Waals surface area contributed by atoms with E-state index in [1.54, 1.807) is 0 Å². The molecule has 1 fully saturated rings. The highest BCUT2D eigenvalue weighted by atomic mass is 32.2. The summed E-state index contributed by atoms with van der Waals surface area (Å²) in [4.78, 5) is 0. The van der Waals surface area contributed by atoms with Gasteiger partial charge in [-0.2, -0.15) is 0 Å². The van der Waals surface area contributed by atoms with Crippen molar-refractivity contribution >= 4 is 28.2 Å². The highest BCUT2D eigenvalue weighted by molar-refractivity contribution is 8.01.